The van der Waals surface area contributed by atoms with Crippen LogP contribution in [0.25, 0.3) is 0 Å². The molecule has 1 saturated carbocycles. The van der Waals surface area contributed by atoms with Gasteiger partial charge in [-0.2, -0.15) is 0 Å². The molecule has 1 heterocycles. The maximum Gasteiger partial charge on any atom is 0.136 e. The van der Waals surface area contributed by atoms with E-state index in [1.807, 2.05) is 18.2 Å². The summed E-state index contributed by atoms with van der Waals surface area (Å²) in [5.74, 6) is 2.49. The van der Waals surface area contributed by atoms with E-state index in [1.165, 1.54) is 0 Å². The van der Waals surface area contributed by atoms with Crippen LogP contribution in [0, 0.1) is 0 Å². The van der Waals surface area contributed by atoms with Gasteiger partial charge in [0.05, 0.1) is 5.69 Å². The Kier molecular flexibility index (Phi) is 3.33. The maximum absolute atomic E-state index is 5.92. The van der Waals surface area contributed by atoms with Gasteiger partial charge < -0.3 is 11.1 Å². The van der Waals surface area contributed by atoms with Crippen molar-refractivity contribution in [2.24, 2.45) is 0 Å². The van der Waals surface area contributed by atoms with Gasteiger partial charge >= 0.3 is 0 Å². The van der Waals surface area contributed by atoms with E-state index < -0.39 is 0 Å². The van der Waals surface area contributed by atoms with Crippen LogP contribution in [0.5, 0.6) is 0 Å². The Hall–Kier alpha value is -1.33. The van der Waals surface area contributed by atoms with Crippen molar-refractivity contribution < 1.29 is 0 Å². The number of rotatable bonds is 3. The number of nitrogens with one attached hydrogen (secondary N) is 1. The third-order valence-electron chi connectivity index (χ3n) is 2.90. The zero-order valence-electron chi connectivity index (χ0n) is 10.0. The van der Waals surface area contributed by atoms with Crippen molar-refractivity contribution in [2.75, 3.05) is 11.1 Å². The molecular weight excluding hydrogens is 328 g/mol. The highest BCUT2D eigenvalue weighted by Gasteiger charge is 2.27. The molecule has 1 aromatic carbocycles. The van der Waals surface area contributed by atoms with Gasteiger partial charge in [0.2, 0.25) is 0 Å². The largest absolute Gasteiger partial charge is 0.384 e. The highest BCUT2D eigenvalue weighted by molar-refractivity contribution is 9.10. The number of halogens is 2. The molecular formula is C13H12BrClN4. The van der Waals surface area contributed by atoms with E-state index in [-0.39, 0.29) is 0 Å². The van der Waals surface area contributed by atoms with Crippen molar-refractivity contribution in [1.29, 1.82) is 0 Å². The van der Waals surface area contributed by atoms with Crippen molar-refractivity contribution in [3.05, 3.63) is 39.6 Å². The van der Waals surface area contributed by atoms with E-state index in [0.717, 1.165) is 28.8 Å². The summed E-state index contributed by atoms with van der Waals surface area (Å²) in [7, 11) is 0. The van der Waals surface area contributed by atoms with Gasteiger partial charge in [0, 0.05) is 21.5 Å². The van der Waals surface area contributed by atoms with Crippen molar-refractivity contribution in [3.8, 4) is 0 Å². The van der Waals surface area contributed by atoms with Gasteiger partial charge in [0.1, 0.15) is 17.5 Å². The predicted molar refractivity (Wildman–Crippen MR) is 80.9 cm³/mol. The molecule has 3 N–H and O–H groups in total. The Bertz CT molecular complexity index is 628. The number of nitrogen functional groups attached to an aromatic ring is 1. The summed E-state index contributed by atoms with van der Waals surface area (Å²) in [6.45, 7) is 0. The third-order valence-corrected chi connectivity index (χ3v) is 3.79. The molecule has 0 radical (unpaired) electrons. The van der Waals surface area contributed by atoms with Gasteiger partial charge in [-0.05, 0) is 47.0 Å². The van der Waals surface area contributed by atoms with E-state index in [9.17, 15) is 0 Å². The minimum absolute atomic E-state index is 0.470. The number of hydrogen-bond donors (Lipinski definition) is 2. The van der Waals surface area contributed by atoms with Crippen molar-refractivity contribution >= 4 is 44.9 Å². The molecule has 0 atom stereocenters. The molecule has 2 aromatic rings. The third kappa shape index (κ3) is 2.98. The first-order chi connectivity index (χ1) is 9.11. The second-order valence-electron chi connectivity index (χ2n) is 4.56. The number of hydrogen-bond acceptors (Lipinski definition) is 4. The predicted octanol–water partition coefficient (Wildman–Crippen LogP) is 4.10. The van der Waals surface area contributed by atoms with Gasteiger partial charge in [-0.15, -0.1) is 0 Å². The average molecular weight is 340 g/mol. The molecule has 0 aliphatic heterocycles. The summed E-state index contributed by atoms with van der Waals surface area (Å²) in [6, 6.07) is 7.27. The number of benzene rings is 1. The van der Waals surface area contributed by atoms with Crippen LogP contribution >= 0.6 is 27.5 Å². The molecule has 1 aliphatic rings. The smallest absolute Gasteiger partial charge is 0.136 e. The molecule has 3 rings (SSSR count). The Labute approximate surface area is 124 Å². The Balaban J connectivity index is 1.89. The minimum atomic E-state index is 0.470. The lowest BCUT2D eigenvalue weighted by Crippen LogP contribution is -2.03. The summed E-state index contributed by atoms with van der Waals surface area (Å²) in [4.78, 5) is 8.77. The fourth-order valence-corrected chi connectivity index (χ4v) is 2.58. The van der Waals surface area contributed by atoms with Crippen LogP contribution in [-0.4, -0.2) is 9.97 Å². The summed E-state index contributed by atoms with van der Waals surface area (Å²) < 4.78 is 0.880. The molecule has 1 fully saturated rings. The van der Waals surface area contributed by atoms with Crippen molar-refractivity contribution in [3.63, 3.8) is 0 Å². The molecule has 1 aliphatic carbocycles. The standard InChI is InChI=1S/C13H12BrClN4/c14-9-5-8(15)3-4-10(9)17-12-6-11(16)18-13(19-12)7-1-2-7/h3-7H,1-2H2,(H3,16,17,18,19). The monoisotopic (exact) mass is 338 g/mol. The van der Waals surface area contributed by atoms with Crippen LogP contribution in [0.4, 0.5) is 17.3 Å². The molecule has 0 bridgehead atoms. The second-order valence-corrected chi connectivity index (χ2v) is 5.85. The molecule has 1 aromatic heterocycles. The molecule has 98 valence electrons. The molecule has 19 heavy (non-hydrogen) atoms. The van der Waals surface area contributed by atoms with Crippen LogP contribution in [0.2, 0.25) is 5.02 Å². The fourth-order valence-electron chi connectivity index (χ4n) is 1.80. The number of aromatic nitrogens is 2. The number of nitrogens with zero attached hydrogens (tertiary/aromatic N) is 2. The van der Waals surface area contributed by atoms with Gasteiger partial charge in [0.15, 0.2) is 0 Å². The lowest BCUT2D eigenvalue weighted by atomic mass is 10.3. The first-order valence-electron chi connectivity index (χ1n) is 5.98. The highest BCUT2D eigenvalue weighted by atomic mass is 79.9. The summed E-state index contributed by atoms with van der Waals surface area (Å²) in [5.41, 5.74) is 6.71. The molecule has 0 amide bonds. The van der Waals surface area contributed by atoms with Crippen LogP contribution in [-0.2, 0) is 0 Å². The minimum Gasteiger partial charge on any atom is -0.384 e. The Morgan fingerprint density at radius 2 is 2.05 bits per heavy atom. The zero-order valence-corrected chi connectivity index (χ0v) is 12.4. The lowest BCUT2D eigenvalue weighted by Gasteiger charge is -2.10. The van der Waals surface area contributed by atoms with Crippen molar-refractivity contribution in [1.82, 2.24) is 9.97 Å². The number of nitrogens with two attached hydrogens (primary N) is 1. The van der Waals surface area contributed by atoms with Gasteiger partial charge in [0.25, 0.3) is 0 Å². The second kappa shape index (κ2) is 4.98. The molecule has 0 unspecified atom stereocenters. The Morgan fingerprint density at radius 1 is 1.26 bits per heavy atom. The first-order valence-corrected chi connectivity index (χ1v) is 7.15. The van der Waals surface area contributed by atoms with E-state index in [1.54, 1.807) is 6.07 Å². The lowest BCUT2D eigenvalue weighted by molar-refractivity contribution is 0.936. The normalized spacial score (nSPS) is 14.4. The number of anilines is 3. The van der Waals surface area contributed by atoms with E-state index in [0.29, 0.717) is 22.6 Å². The summed E-state index contributed by atoms with van der Waals surface area (Å²) >= 11 is 9.38. The average Bonchev–Trinajstić information content (AvgIpc) is 3.16. The molecule has 4 nitrogen and oxygen atoms in total. The zero-order chi connectivity index (χ0) is 13.4. The van der Waals surface area contributed by atoms with Crippen LogP contribution < -0.4 is 11.1 Å². The van der Waals surface area contributed by atoms with E-state index in [2.05, 4.69) is 31.2 Å². The molecule has 6 heteroatoms. The van der Waals surface area contributed by atoms with E-state index >= 15 is 0 Å². The quantitative estimate of drug-likeness (QED) is 0.884. The maximum atomic E-state index is 5.92. The SMILES string of the molecule is Nc1cc(Nc2ccc(Cl)cc2Br)nc(C2CC2)n1. The van der Waals surface area contributed by atoms with Gasteiger partial charge in [-0.25, -0.2) is 9.97 Å². The topological polar surface area (TPSA) is 63.8 Å². The van der Waals surface area contributed by atoms with E-state index in [4.69, 9.17) is 17.3 Å². The Morgan fingerprint density at radius 3 is 2.74 bits per heavy atom. The van der Waals surface area contributed by atoms with Crippen LogP contribution in [0.3, 0.4) is 0 Å². The fraction of sp³-hybridized carbons (Fsp3) is 0.231. The van der Waals surface area contributed by atoms with Crippen molar-refractivity contribution in [2.45, 2.75) is 18.8 Å². The van der Waals surface area contributed by atoms with Crippen LogP contribution in [0.1, 0.15) is 24.6 Å². The van der Waals surface area contributed by atoms with Gasteiger partial charge in [-0.1, -0.05) is 11.6 Å². The first kappa shape index (κ1) is 12.7. The molecule has 0 spiro atoms. The summed E-state index contributed by atoms with van der Waals surface area (Å²) in [6.07, 6.45) is 2.29. The van der Waals surface area contributed by atoms with Gasteiger partial charge in [-0.3, -0.25) is 0 Å². The molecule has 0 saturated heterocycles. The summed E-state index contributed by atoms with van der Waals surface area (Å²) in [5, 5.41) is 3.91. The van der Waals surface area contributed by atoms with Crippen LogP contribution in [0.15, 0.2) is 28.7 Å². The highest BCUT2D eigenvalue weighted by Crippen LogP contribution is 2.39.